The number of benzene rings is 1. The van der Waals surface area contributed by atoms with Crippen LogP contribution in [0.2, 0.25) is 0 Å². The topological polar surface area (TPSA) is 21.3 Å². The molecule has 1 aromatic rings. The Morgan fingerprint density at radius 1 is 1.26 bits per heavy atom. The van der Waals surface area contributed by atoms with Crippen LogP contribution >= 0.6 is 11.8 Å². The van der Waals surface area contributed by atoms with E-state index in [1.807, 2.05) is 11.8 Å². The molecule has 1 unspecified atom stereocenters. The van der Waals surface area contributed by atoms with Crippen molar-refractivity contribution in [3.05, 3.63) is 29.8 Å². The van der Waals surface area contributed by atoms with Gasteiger partial charge in [0.2, 0.25) is 0 Å². The Kier molecular flexibility index (Phi) is 8.97. The minimum atomic E-state index is 0.478. The van der Waals surface area contributed by atoms with Gasteiger partial charge in [0.05, 0.1) is 0 Å². The zero-order valence-corrected chi connectivity index (χ0v) is 13.3. The van der Waals surface area contributed by atoms with Crippen LogP contribution in [0, 0.1) is 0 Å². The number of methoxy groups -OCH3 is 1. The molecule has 0 fully saturated rings. The van der Waals surface area contributed by atoms with Gasteiger partial charge >= 0.3 is 0 Å². The Bertz CT molecular complexity index is 343. The van der Waals surface area contributed by atoms with Gasteiger partial charge in [0.15, 0.2) is 0 Å². The highest BCUT2D eigenvalue weighted by atomic mass is 32.2. The zero-order chi connectivity index (χ0) is 13.9. The summed E-state index contributed by atoms with van der Waals surface area (Å²) in [5, 5.41) is 3.64. The third-order valence-corrected chi connectivity index (χ3v) is 4.27. The number of hydrogen-bond donors (Lipinski definition) is 1. The molecule has 0 bridgehead atoms. The van der Waals surface area contributed by atoms with E-state index >= 15 is 0 Å². The average molecular weight is 281 g/mol. The van der Waals surface area contributed by atoms with Crippen LogP contribution < -0.4 is 5.32 Å². The van der Waals surface area contributed by atoms with Gasteiger partial charge in [-0.1, -0.05) is 32.0 Å². The Balaban J connectivity index is 2.64. The van der Waals surface area contributed by atoms with Crippen molar-refractivity contribution in [2.45, 2.75) is 44.0 Å². The molecule has 0 spiro atoms. The summed E-state index contributed by atoms with van der Waals surface area (Å²) in [6.07, 6.45) is 3.42. The summed E-state index contributed by atoms with van der Waals surface area (Å²) in [7, 11) is 1.76. The van der Waals surface area contributed by atoms with Gasteiger partial charge in [-0.05, 0) is 37.4 Å². The highest BCUT2D eigenvalue weighted by molar-refractivity contribution is 7.99. The van der Waals surface area contributed by atoms with Crippen molar-refractivity contribution in [1.82, 2.24) is 5.32 Å². The fraction of sp³-hybridized carbons (Fsp3) is 0.625. The molecule has 0 amide bonds. The minimum absolute atomic E-state index is 0.478. The third kappa shape index (κ3) is 5.98. The van der Waals surface area contributed by atoms with Crippen LogP contribution in [-0.2, 0) is 4.74 Å². The van der Waals surface area contributed by atoms with E-state index in [1.54, 1.807) is 7.11 Å². The van der Waals surface area contributed by atoms with Crippen molar-refractivity contribution in [1.29, 1.82) is 0 Å². The van der Waals surface area contributed by atoms with Crippen molar-refractivity contribution in [2.75, 3.05) is 26.0 Å². The smallest absolute Gasteiger partial charge is 0.0470 e. The second-order valence-electron chi connectivity index (χ2n) is 4.65. The van der Waals surface area contributed by atoms with E-state index in [1.165, 1.54) is 16.9 Å². The number of thioether (sulfide) groups is 1. The molecule has 1 rings (SSSR count). The predicted molar refractivity (Wildman–Crippen MR) is 85.0 cm³/mol. The van der Waals surface area contributed by atoms with Gasteiger partial charge in [0, 0.05) is 30.4 Å². The molecule has 108 valence electrons. The molecule has 0 aliphatic heterocycles. The molecular formula is C16H27NOS. The lowest BCUT2D eigenvalue weighted by molar-refractivity contribution is 0.200. The number of nitrogens with one attached hydrogen (secondary N) is 1. The van der Waals surface area contributed by atoms with E-state index in [4.69, 9.17) is 4.74 Å². The van der Waals surface area contributed by atoms with Gasteiger partial charge in [-0.3, -0.25) is 0 Å². The lowest BCUT2D eigenvalue weighted by Crippen LogP contribution is -2.22. The molecule has 0 aromatic heterocycles. The molecule has 0 saturated heterocycles. The average Bonchev–Trinajstić information content (AvgIpc) is 2.45. The SMILES string of the molecule is CCCNC(CC)c1ccccc1SCCCOC. The molecule has 3 heteroatoms. The van der Waals surface area contributed by atoms with Crippen molar-refractivity contribution >= 4 is 11.8 Å². The van der Waals surface area contributed by atoms with Crippen molar-refractivity contribution < 1.29 is 4.74 Å². The van der Waals surface area contributed by atoms with E-state index in [0.29, 0.717) is 6.04 Å². The lowest BCUT2D eigenvalue weighted by Gasteiger charge is -2.20. The summed E-state index contributed by atoms with van der Waals surface area (Å²) in [6, 6.07) is 9.25. The minimum Gasteiger partial charge on any atom is -0.385 e. The molecule has 1 atom stereocenters. The molecule has 1 N–H and O–H groups in total. The van der Waals surface area contributed by atoms with E-state index < -0.39 is 0 Å². The van der Waals surface area contributed by atoms with Gasteiger partial charge in [-0.2, -0.15) is 0 Å². The molecule has 19 heavy (non-hydrogen) atoms. The predicted octanol–water partition coefficient (Wildman–Crippen LogP) is 4.27. The Morgan fingerprint density at radius 2 is 2.05 bits per heavy atom. The summed E-state index contributed by atoms with van der Waals surface area (Å²) in [6.45, 7) is 6.40. The first kappa shape index (κ1) is 16.5. The first-order valence-electron chi connectivity index (χ1n) is 7.27. The van der Waals surface area contributed by atoms with Crippen LogP contribution in [0.5, 0.6) is 0 Å². The van der Waals surface area contributed by atoms with Crippen LogP contribution in [0.25, 0.3) is 0 Å². The van der Waals surface area contributed by atoms with E-state index in [0.717, 1.165) is 31.7 Å². The molecule has 1 aromatic carbocycles. The molecule has 0 aliphatic rings. The quantitative estimate of drug-likeness (QED) is 0.511. The second-order valence-corrected chi connectivity index (χ2v) is 5.78. The molecule has 0 heterocycles. The van der Waals surface area contributed by atoms with Crippen LogP contribution in [0.3, 0.4) is 0 Å². The zero-order valence-electron chi connectivity index (χ0n) is 12.4. The maximum atomic E-state index is 5.11. The summed E-state index contributed by atoms with van der Waals surface area (Å²) >= 11 is 1.94. The number of rotatable bonds is 10. The molecule has 0 saturated carbocycles. The molecule has 2 nitrogen and oxygen atoms in total. The Labute approximate surface area is 122 Å². The summed E-state index contributed by atoms with van der Waals surface area (Å²) in [4.78, 5) is 1.41. The van der Waals surface area contributed by atoms with Gasteiger partial charge in [0.1, 0.15) is 0 Å². The van der Waals surface area contributed by atoms with Crippen LogP contribution in [-0.4, -0.2) is 26.0 Å². The van der Waals surface area contributed by atoms with Gasteiger partial charge in [-0.15, -0.1) is 11.8 Å². The molecular weight excluding hydrogens is 254 g/mol. The maximum absolute atomic E-state index is 5.11. The molecule has 0 radical (unpaired) electrons. The number of ether oxygens (including phenoxy) is 1. The van der Waals surface area contributed by atoms with Crippen LogP contribution in [0.4, 0.5) is 0 Å². The lowest BCUT2D eigenvalue weighted by atomic mass is 10.0. The largest absolute Gasteiger partial charge is 0.385 e. The normalized spacial score (nSPS) is 12.6. The summed E-state index contributed by atoms with van der Waals surface area (Å²) in [5.74, 6) is 1.12. The highest BCUT2D eigenvalue weighted by Crippen LogP contribution is 2.29. The summed E-state index contributed by atoms with van der Waals surface area (Å²) < 4.78 is 5.11. The first-order valence-corrected chi connectivity index (χ1v) is 8.26. The van der Waals surface area contributed by atoms with Gasteiger partial charge in [-0.25, -0.2) is 0 Å². The van der Waals surface area contributed by atoms with E-state index in [2.05, 4.69) is 43.4 Å². The Morgan fingerprint density at radius 3 is 2.74 bits per heavy atom. The molecule has 0 aliphatic carbocycles. The van der Waals surface area contributed by atoms with E-state index in [-0.39, 0.29) is 0 Å². The highest BCUT2D eigenvalue weighted by Gasteiger charge is 2.12. The monoisotopic (exact) mass is 281 g/mol. The van der Waals surface area contributed by atoms with E-state index in [9.17, 15) is 0 Å². The standard InChI is InChI=1S/C16H27NOS/c1-4-11-17-15(5-2)14-9-6-7-10-16(14)19-13-8-12-18-3/h6-7,9-10,15,17H,4-5,8,11-13H2,1-3H3. The maximum Gasteiger partial charge on any atom is 0.0470 e. The fourth-order valence-electron chi connectivity index (χ4n) is 2.08. The second kappa shape index (κ2) is 10.3. The third-order valence-electron chi connectivity index (χ3n) is 3.09. The Hall–Kier alpha value is -0.510. The van der Waals surface area contributed by atoms with Crippen molar-refractivity contribution in [2.24, 2.45) is 0 Å². The first-order chi connectivity index (χ1) is 9.33. The van der Waals surface area contributed by atoms with Crippen molar-refractivity contribution in [3.8, 4) is 0 Å². The van der Waals surface area contributed by atoms with Crippen LogP contribution in [0.15, 0.2) is 29.2 Å². The van der Waals surface area contributed by atoms with Crippen LogP contribution in [0.1, 0.15) is 44.7 Å². The fourth-order valence-corrected chi connectivity index (χ4v) is 3.11. The van der Waals surface area contributed by atoms with Gasteiger partial charge < -0.3 is 10.1 Å². The van der Waals surface area contributed by atoms with Crippen molar-refractivity contribution in [3.63, 3.8) is 0 Å². The number of hydrogen-bond acceptors (Lipinski definition) is 3. The van der Waals surface area contributed by atoms with Gasteiger partial charge in [0.25, 0.3) is 0 Å². The summed E-state index contributed by atoms with van der Waals surface area (Å²) in [5.41, 5.74) is 1.45.